The SMILES string of the molecule is CCC(C)N(CC)c1ccc(-c2ccc(C(=O)NCc3ccc(C)nc3)cc2)cc1F. The van der Waals surface area contributed by atoms with Crippen molar-refractivity contribution in [1.29, 1.82) is 0 Å². The molecule has 3 aromatic rings. The molecule has 2 aromatic carbocycles. The average Bonchev–Trinajstić information content (AvgIpc) is 2.79. The van der Waals surface area contributed by atoms with Gasteiger partial charge in [-0.3, -0.25) is 9.78 Å². The van der Waals surface area contributed by atoms with E-state index < -0.39 is 0 Å². The third-order valence-electron chi connectivity index (χ3n) is 5.63. The molecule has 1 unspecified atom stereocenters. The summed E-state index contributed by atoms with van der Waals surface area (Å²) >= 11 is 0. The summed E-state index contributed by atoms with van der Waals surface area (Å²) < 4.78 is 14.9. The van der Waals surface area contributed by atoms with Crippen LogP contribution in [0, 0.1) is 12.7 Å². The van der Waals surface area contributed by atoms with Crippen LogP contribution in [0.4, 0.5) is 10.1 Å². The Morgan fingerprint density at radius 2 is 1.77 bits per heavy atom. The first-order valence-corrected chi connectivity index (χ1v) is 10.8. The lowest BCUT2D eigenvalue weighted by Crippen LogP contribution is -2.32. The third kappa shape index (κ3) is 5.48. The quantitative estimate of drug-likeness (QED) is 0.506. The number of hydrogen-bond acceptors (Lipinski definition) is 3. The van der Waals surface area contributed by atoms with Crippen molar-refractivity contribution in [2.24, 2.45) is 0 Å². The molecule has 0 spiro atoms. The maximum Gasteiger partial charge on any atom is 0.251 e. The van der Waals surface area contributed by atoms with E-state index in [1.807, 2.05) is 50.2 Å². The standard InChI is InChI=1S/C26H30FN3O/c1-5-19(4)30(6-2)25-14-13-23(15-24(25)27)21-9-11-22(12-10-21)26(31)29-17-20-8-7-18(3)28-16-20/h7-16,19H,5-6,17H2,1-4H3,(H,29,31). The molecule has 0 aliphatic carbocycles. The van der Waals surface area contributed by atoms with Gasteiger partial charge in [-0.05, 0) is 74.2 Å². The molecule has 1 atom stereocenters. The van der Waals surface area contributed by atoms with Gasteiger partial charge in [-0.25, -0.2) is 4.39 Å². The Morgan fingerprint density at radius 1 is 1.06 bits per heavy atom. The van der Waals surface area contributed by atoms with Crippen LogP contribution in [-0.2, 0) is 6.54 Å². The van der Waals surface area contributed by atoms with Gasteiger partial charge in [-0.2, -0.15) is 0 Å². The van der Waals surface area contributed by atoms with Crippen molar-refractivity contribution < 1.29 is 9.18 Å². The van der Waals surface area contributed by atoms with Gasteiger partial charge in [0.1, 0.15) is 5.82 Å². The highest BCUT2D eigenvalue weighted by Gasteiger charge is 2.16. The van der Waals surface area contributed by atoms with Crippen molar-refractivity contribution in [1.82, 2.24) is 10.3 Å². The molecule has 0 aliphatic heterocycles. The second-order valence-corrected chi connectivity index (χ2v) is 7.78. The summed E-state index contributed by atoms with van der Waals surface area (Å²) in [5.74, 6) is -0.381. The zero-order valence-electron chi connectivity index (χ0n) is 18.7. The minimum Gasteiger partial charge on any atom is -0.367 e. The van der Waals surface area contributed by atoms with Crippen LogP contribution in [0.1, 0.15) is 48.8 Å². The van der Waals surface area contributed by atoms with Crippen LogP contribution in [0.15, 0.2) is 60.8 Å². The summed E-state index contributed by atoms with van der Waals surface area (Å²) in [6, 6.07) is 16.7. The highest BCUT2D eigenvalue weighted by Crippen LogP contribution is 2.28. The van der Waals surface area contributed by atoms with Gasteiger partial charge in [0.15, 0.2) is 0 Å². The molecule has 0 fully saturated rings. The summed E-state index contributed by atoms with van der Waals surface area (Å²) in [4.78, 5) is 18.7. The summed E-state index contributed by atoms with van der Waals surface area (Å²) in [6.45, 7) is 9.36. The van der Waals surface area contributed by atoms with Gasteiger partial charge in [-0.15, -0.1) is 0 Å². The van der Waals surface area contributed by atoms with Gasteiger partial charge < -0.3 is 10.2 Å². The van der Waals surface area contributed by atoms with Crippen molar-refractivity contribution in [3.8, 4) is 11.1 Å². The molecule has 1 N–H and O–H groups in total. The number of nitrogens with zero attached hydrogens (tertiary/aromatic N) is 2. The molecular formula is C26H30FN3O. The molecule has 0 aliphatic rings. The van der Waals surface area contributed by atoms with Gasteiger partial charge in [0.2, 0.25) is 0 Å². The van der Waals surface area contributed by atoms with Gasteiger partial charge >= 0.3 is 0 Å². The van der Waals surface area contributed by atoms with E-state index in [-0.39, 0.29) is 17.8 Å². The number of nitrogens with one attached hydrogen (secondary N) is 1. The van der Waals surface area contributed by atoms with Crippen LogP contribution in [0.5, 0.6) is 0 Å². The number of halogens is 1. The fourth-order valence-corrected chi connectivity index (χ4v) is 3.56. The number of aryl methyl sites for hydroxylation is 1. The number of carbonyl (C=O) groups excluding carboxylic acids is 1. The molecule has 1 heterocycles. The predicted molar refractivity (Wildman–Crippen MR) is 125 cm³/mol. The summed E-state index contributed by atoms with van der Waals surface area (Å²) in [5, 5.41) is 2.90. The lowest BCUT2D eigenvalue weighted by atomic mass is 10.0. The van der Waals surface area contributed by atoms with Crippen LogP contribution in [-0.4, -0.2) is 23.5 Å². The molecule has 0 bridgehead atoms. The van der Waals surface area contributed by atoms with E-state index in [9.17, 15) is 9.18 Å². The van der Waals surface area contributed by atoms with Crippen molar-refractivity contribution >= 4 is 11.6 Å². The van der Waals surface area contributed by atoms with Gasteiger partial charge in [0.05, 0.1) is 5.69 Å². The largest absolute Gasteiger partial charge is 0.367 e. The van der Waals surface area contributed by atoms with E-state index in [1.54, 1.807) is 24.4 Å². The Labute approximate surface area is 184 Å². The van der Waals surface area contributed by atoms with Crippen molar-refractivity contribution in [2.75, 3.05) is 11.4 Å². The van der Waals surface area contributed by atoms with Crippen LogP contribution >= 0.6 is 0 Å². The molecular weight excluding hydrogens is 389 g/mol. The van der Waals surface area contributed by atoms with Crippen molar-refractivity contribution in [3.05, 3.63) is 83.4 Å². The lowest BCUT2D eigenvalue weighted by Gasteiger charge is -2.30. The van der Waals surface area contributed by atoms with Gasteiger partial charge in [0.25, 0.3) is 5.91 Å². The Morgan fingerprint density at radius 3 is 2.35 bits per heavy atom. The molecule has 1 amide bonds. The van der Waals surface area contributed by atoms with Crippen LogP contribution in [0.3, 0.4) is 0 Å². The predicted octanol–water partition coefficient (Wildman–Crippen LogP) is 5.75. The third-order valence-corrected chi connectivity index (χ3v) is 5.63. The summed E-state index contributed by atoms with van der Waals surface area (Å²) in [5.41, 5.74) is 4.74. The molecule has 3 rings (SSSR count). The normalized spacial score (nSPS) is 11.8. The van der Waals surface area contributed by atoms with Crippen molar-refractivity contribution in [3.63, 3.8) is 0 Å². The van der Waals surface area contributed by atoms with E-state index in [2.05, 4.69) is 29.0 Å². The second-order valence-electron chi connectivity index (χ2n) is 7.78. The van der Waals surface area contributed by atoms with E-state index in [0.717, 1.165) is 35.3 Å². The monoisotopic (exact) mass is 419 g/mol. The minimum absolute atomic E-state index is 0.152. The highest BCUT2D eigenvalue weighted by molar-refractivity contribution is 5.94. The molecule has 1 aromatic heterocycles. The van der Waals surface area contributed by atoms with E-state index >= 15 is 0 Å². The van der Waals surface area contributed by atoms with Crippen LogP contribution in [0.2, 0.25) is 0 Å². The maximum atomic E-state index is 14.9. The first-order chi connectivity index (χ1) is 14.9. The zero-order chi connectivity index (χ0) is 22.4. The number of anilines is 1. The maximum absolute atomic E-state index is 14.9. The molecule has 162 valence electrons. The van der Waals surface area contributed by atoms with Crippen molar-refractivity contribution in [2.45, 2.75) is 46.7 Å². The molecule has 0 radical (unpaired) electrons. The molecule has 0 saturated heterocycles. The molecule has 5 heteroatoms. The first kappa shape index (κ1) is 22.5. The number of pyridine rings is 1. The van der Waals surface area contributed by atoms with Crippen LogP contribution in [0.25, 0.3) is 11.1 Å². The number of benzene rings is 2. The zero-order valence-corrected chi connectivity index (χ0v) is 18.7. The average molecular weight is 420 g/mol. The highest BCUT2D eigenvalue weighted by atomic mass is 19.1. The Kier molecular flexibility index (Phi) is 7.40. The molecule has 4 nitrogen and oxygen atoms in total. The van der Waals surface area contributed by atoms with E-state index in [0.29, 0.717) is 17.8 Å². The number of amides is 1. The minimum atomic E-state index is -0.229. The Bertz CT molecular complexity index is 1020. The molecule has 0 saturated carbocycles. The smallest absolute Gasteiger partial charge is 0.251 e. The summed E-state index contributed by atoms with van der Waals surface area (Å²) in [7, 11) is 0. The van der Waals surface area contributed by atoms with Crippen LogP contribution < -0.4 is 10.2 Å². The van der Waals surface area contributed by atoms with E-state index in [4.69, 9.17) is 0 Å². The Hall–Kier alpha value is -3.21. The topological polar surface area (TPSA) is 45.2 Å². The Balaban J connectivity index is 1.69. The second kappa shape index (κ2) is 10.2. The van der Waals surface area contributed by atoms with Gasteiger partial charge in [-0.1, -0.05) is 31.2 Å². The van der Waals surface area contributed by atoms with Gasteiger partial charge in [0, 0.05) is 36.6 Å². The number of carbonyl (C=O) groups is 1. The molecule has 31 heavy (non-hydrogen) atoms. The summed E-state index contributed by atoms with van der Waals surface area (Å²) in [6.07, 6.45) is 2.72. The number of hydrogen-bond donors (Lipinski definition) is 1. The lowest BCUT2D eigenvalue weighted by molar-refractivity contribution is 0.0951. The first-order valence-electron chi connectivity index (χ1n) is 10.8. The fourth-order valence-electron chi connectivity index (χ4n) is 3.56. The number of aromatic nitrogens is 1. The number of rotatable bonds is 8. The van der Waals surface area contributed by atoms with E-state index in [1.165, 1.54) is 0 Å². The fraction of sp³-hybridized carbons (Fsp3) is 0.308.